The maximum absolute atomic E-state index is 12.9. The van der Waals surface area contributed by atoms with Crippen LogP contribution in [0, 0.1) is 0 Å². The number of benzene rings is 1. The number of imidazole rings is 1. The fourth-order valence-electron chi connectivity index (χ4n) is 3.20. The molecule has 0 aliphatic heterocycles. The molecule has 25 heavy (non-hydrogen) atoms. The fourth-order valence-corrected chi connectivity index (χ4v) is 3.20. The molecular formula is C17H18N6O2. The van der Waals surface area contributed by atoms with E-state index in [1.165, 1.54) is 9.13 Å². The van der Waals surface area contributed by atoms with E-state index < -0.39 is 5.69 Å². The van der Waals surface area contributed by atoms with E-state index in [0.717, 1.165) is 16.6 Å². The SMILES string of the molecule is CNc1nc2c(c(=O)n(Cc3cc4ccccc4[nH]3)c(=O)n2C)n1C. The maximum Gasteiger partial charge on any atom is 0.332 e. The van der Waals surface area contributed by atoms with Crippen molar-refractivity contribution in [3.8, 4) is 0 Å². The lowest BCUT2D eigenvalue weighted by molar-refractivity contribution is 0.648. The molecule has 8 heteroatoms. The Morgan fingerprint density at radius 1 is 1.16 bits per heavy atom. The van der Waals surface area contributed by atoms with Gasteiger partial charge in [-0.1, -0.05) is 18.2 Å². The van der Waals surface area contributed by atoms with Gasteiger partial charge in [0.05, 0.1) is 6.54 Å². The zero-order chi connectivity index (χ0) is 17.7. The highest BCUT2D eigenvalue weighted by molar-refractivity contribution is 5.80. The zero-order valence-corrected chi connectivity index (χ0v) is 14.2. The van der Waals surface area contributed by atoms with Crippen molar-refractivity contribution in [1.82, 2.24) is 23.7 Å². The van der Waals surface area contributed by atoms with Gasteiger partial charge in [0.25, 0.3) is 5.56 Å². The van der Waals surface area contributed by atoms with Crippen molar-refractivity contribution in [1.29, 1.82) is 0 Å². The number of H-pyrrole nitrogens is 1. The Morgan fingerprint density at radius 2 is 1.92 bits per heavy atom. The highest BCUT2D eigenvalue weighted by atomic mass is 16.2. The van der Waals surface area contributed by atoms with Gasteiger partial charge < -0.3 is 14.9 Å². The first-order valence-electron chi connectivity index (χ1n) is 7.92. The molecule has 0 fully saturated rings. The summed E-state index contributed by atoms with van der Waals surface area (Å²) in [5.41, 5.74) is 1.79. The van der Waals surface area contributed by atoms with Crippen molar-refractivity contribution in [3.63, 3.8) is 0 Å². The smallest absolute Gasteiger partial charge is 0.332 e. The highest BCUT2D eigenvalue weighted by Crippen LogP contribution is 2.16. The topological polar surface area (TPSA) is 89.6 Å². The van der Waals surface area contributed by atoms with Gasteiger partial charge in [0.2, 0.25) is 5.95 Å². The monoisotopic (exact) mass is 338 g/mol. The van der Waals surface area contributed by atoms with E-state index in [-0.39, 0.29) is 12.1 Å². The number of aryl methyl sites for hydroxylation is 2. The molecule has 0 radical (unpaired) electrons. The minimum absolute atomic E-state index is 0.177. The molecule has 3 heterocycles. The van der Waals surface area contributed by atoms with Crippen LogP contribution in [0.3, 0.4) is 0 Å². The molecule has 0 aliphatic rings. The summed E-state index contributed by atoms with van der Waals surface area (Å²) < 4.78 is 4.30. The average molecular weight is 338 g/mol. The second kappa shape index (κ2) is 5.37. The van der Waals surface area contributed by atoms with Crippen molar-refractivity contribution in [2.75, 3.05) is 12.4 Å². The van der Waals surface area contributed by atoms with Gasteiger partial charge in [0, 0.05) is 32.4 Å². The number of aromatic amines is 1. The van der Waals surface area contributed by atoms with Gasteiger partial charge in [-0.25, -0.2) is 4.79 Å². The lowest BCUT2D eigenvalue weighted by Crippen LogP contribution is -2.39. The number of nitrogens with one attached hydrogen (secondary N) is 2. The van der Waals surface area contributed by atoms with Gasteiger partial charge in [-0.15, -0.1) is 0 Å². The van der Waals surface area contributed by atoms with E-state index in [0.29, 0.717) is 17.1 Å². The van der Waals surface area contributed by atoms with E-state index in [1.807, 2.05) is 30.3 Å². The third-order valence-corrected chi connectivity index (χ3v) is 4.50. The molecule has 0 amide bonds. The Bertz CT molecular complexity index is 1190. The summed E-state index contributed by atoms with van der Waals surface area (Å²) in [6.45, 7) is 0.177. The molecule has 8 nitrogen and oxygen atoms in total. The molecule has 0 bridgehead atoms. The van der Waals surface area contributed by atoms with Gasteiger partial charge in [-0.3, -0.25) is 13.9 Å². The number of para-hydroxylation sites is 1. The molecular weight excluding hydrogens is 320 g/mol. The summed E-state index contributed by atoms with van der Waals surface area (Å²) in [5.74, 6) is 0.533. The zero-order valence-electron chi connectivity index (χ0n) is 14.2. The van der Waals surface area contributed by atoms with Gasteiger partial charge >= 0.3 is 5.69 Å². The minimum atomic E-state index is -0.392. The number of nitrogens with zero attached hydrogens (tertiary/aromatic N) is 4. The van der Waals surface area contributed by atoms with E-state index in [1.54, 1.807) is 25.7 Å². The van der Waals surface area contributed by atoms with Crippen LogP contribution in [0.1, 0.15) is 5.69 Å². The minimum Gasteiger partial charge on any atom is -0.359 e. The molecule has 128 valence electrons. The van der Waals surface area contributed by atoms with E-state index in [2.05, 4.69) is 15.3 Å². The number of rotatable bonds is 3. The fraction of sp³-hybridized carbons (Fsp3) is 0.235. The van der Waals surface area contributed by atoms with Crippen LogP contribution in [0.25, 0.3) is 22.1 Å². The maximum atomic E-state index is 12.9. The predicted molar refractivity (Wildman–Crippen MR) is 97.2 cm³/mol. The van der Waals surface area contributed by atoms with E-state index in [9.17, 15) is 9.59 Å². The summed E-state index contributed by atoms with van der Waals surface area (Å²) in [4.78, 5) is 33.2. The van der Waals surface area contributed by atoms with Crippen LogP contribution in [0.5, 0.6) is 0 Å². The Balaban J connectivity index is 1.93. The molecule has 3 aromatic heterocycles. The number of hydrogen-bond donors (Lipinski definition) is 2. The Kier molecular flexibility index (Phi) is 3.28. The Hall–Kier alpha value is -3.29. The molecule has 0 spiro atoms. The van der Waals surface area contributed by atoms with Crippen LogP contribution < -0.4 is 16.6 Å². The Labute approximate surface area is 142 Å². The first-order valence-corrected chi connectivity index (χ1v) is 7.92. The number of anilines is 1. The summed E-state index contributed by atoms with van der Waals surface area (Å²) in [6.07, 6.45) is 0. The van der Waals surface area contributed by atoms with Gasteiger partial charge in [0.1, 0.15) is 0 Å². The summed E-state index contributed by atoms with van der Waals surface area (Å²) in [5, 5.41) is 3.97. The predicted octanol–water partition coefficient (Wildman–Crippen LogP) is 1.00. The molecule has 0 unspecified atom stereocenters. The van der Waals surface area contributed by atoms with Crippen molar-refractivity contribution in [3.05, 3.63) is 56.9 Å². The van der Waals surface area contributed by atoms with Crippen LogP contribution >= 0.6 is 0 Å². The molecule has 0 atom stereocenters. The number of aromatic nitrogens is 5. The van der Waals surface area contributed by atoms with Crippen LogP contribution in [-0.2, 0) is 20.6 Å². The van der Waals surface area contributed by atoms with Crippen LogP contribution in [-0.4, -0.2) is 30.7 Å². The largest absolute Gasteiger partial charge is 0.359 e. The quantitative estimate of drug-likeness (QED) is 0.583. The first kappa shape index (κ1) is 15.3. The van der Waals surface area contributed by atoms with Gasteiger partial charge in [-0.05, 0) is 17.5 Å². The number of hydrogen-bond acceptors (Lipinski definition) is 4. The molecule has 4 rings (SSSR count). The number of fused-ring (bicyclic) bond motifs is 2. The molecule has 2 N–H and O–H groups in total. The van der Waals surface area contributed by atoms with E-state index >= 15 is 0 Å². The summed E-state index contributed by atoms with van der Waals surface area (Å²) in [6, 6.07) is 9.79. The standard InChI is InChI=1S/C17H18N6O2/c1-18-16-20-14-13(21(16)2)15(24)23(17(25)22(14)3)9-11-8-10-6-4-5-7-12(10)19-11/h4-8,19H,9H2,1-3H3,(H,18,20). The lowest BCUT2D eigenvalue weighted by atomic mass is 10.2. The highest BCUT2D eigenvalue weighted by Gasteiger charge is 2.18. The molecule has 0 aliphatic carbocycles. The molecule has 0 saturated heterocycles. The Morgan fingerprint density at radius 3 is 2.64 bits per heavy atom. The normalized spacial score (nSPS) is 11.5. The lowest BCUT2D eigenvalue weighted by Gasteiger charge is -2.07. The summed E-state index contributed by atoms with van der Waals surface area (Å²) >= 11 is 0. The van der Waals surface area contributed by atoms with Crippen LogP contribution in [0.4, 0.5) is 5.95 Å². The van der Waals surface area contributed by atoms with Crippen molar-refractivity contribution in [2.45, 2.75) is 6.54 Å². The second-order valence-electron chi connectivity index (χ2n) is 6.03. The van der Waals surface area contributed by atoms with Crippen molar-refractivity contribution < 1.29 is 0 Å². The molecule has 1 aromatic carbocycles. The second-order valence-corrected chi connectivity index (χ2v) is 6.03. The van der Waals surface area contributed by atoms with Gasteiger partial charge in [0.15, 0.2) is 11.2 Å². The van der Waals surface area contributed by atoms with Crippen molar-refractivity contribution in [2.24, 2.45) is 14.1 Å². The van der Waals surface area contributed by atoms with E-state index in [4.69, 9.17) is 0 Å². The third kappa shape index (κ3) is 2.18. The average Bonchev–Trinajstić information content (AvgIpc) is 3.17. The molecule has 0 saturated carbocycles. The van der Waals surface area contributed by atoms with Crippen LogP contribution in [0.15, 0.2) is 39.9 Å². The van der Waals surface area contributed by atoms with Crippen molar-refractivity contribution >= 4 is 28.0 Å². The third-order valence-electron chi connectivity index (χ3n) is 4.50. The first-order chi connectivity index (χ1) is 12.0. The summed E-state index contributed by atoms with van der Waals surface area (Å²) in [7, 11) is 5.10. The van der Waals surface area contributed by atoms with Gasteiger partial charge in [-0.2, -0.15) is 4.98 Å². The molecule has 4 aromatic rings. The van der Waals surface area contributed by atoms with Crippen LogP contribution in [0.2, 0.25) is 0 Å².